The third-order valence-electron chi connectivity index (χ3n) is 2.82. The van der Waals surface area contributed by atoms with Crippen LogP contribution in [0.5, 0.6) is 0 Å². The second kappa shape index (κ2) is 4.27. The Morgan fingerprint density at radius 2 is 2.00 bits per heavy atom. The van der Waals surface area contributed by atoms with Gasteiger partial charge in [-0.25, -0.2) is 13.8 Å². The van der Waals surface area contributed by atoms with Crippen LogP contribution in [0.4, 0.5) is 14.6 Å². The number of carbonyl (C=O) groups excluding carboxylic acids is 1. The minimum atomic E-state index is -2.64. The van der Waals surface area contributed by atoms with Crippen molar-refractivity contribution in [1.29, 1.82) is 0 Å². The lowest BCUT2D eigenvalue weighted by molar-refractivity contribution is -0.0494. The van der Waals surface area contributed by atoms with Gasteiger partial charge in [0.05, 0.1) is 5.56 Å². The Morgan fingerprint density at radius 3 is 2.53 bits per heavy atom. The quantitative estimate of drug-likeness (QED) is 0.811. The molecule has 1 amide bonds. The molecule has 0 unspecified atom stereocenters. The van der Waals surface area contributed by atoms with Crippen molar-refractivity contribution in [1.82, 2.24) is 9.88 Å². The minimum Gasteiger partial charge on any atom is -0.384 e. The summed E-state index contributed by atoms with van der Waals surface area (Å²) >= 11 is 0. The van der Waals surface area contributed by atoms with Gasteiger partial charge < -0.3 is 10.6 Å². The van der Waals surface area contributed by atoms with E-state index in [2.05, 4.69) is 4.98 Å². The molecule has 1 aromatic heterocycles. The van der Waals surface area contributed by atoms with Crippen LogP contribution in [-0.2, 0) is 0 Å². The summed E-state index contributed by atoms with van der Waals surface area (Å²) in [4.78, 5) is 17.1. The van der Waals surface area contributed by atoms with Gasteiger partial charge >= 0.3 is 0 Å². The first kappa shape index (κ1) is 11.8. The van der Waals surface area contributed by atoms with Crippen LogP contribution in [0.15, 0.2) is 18.3 Å². The molecule has 0 spiro atoms. The van der Waals surface area contributed by atoms with Crippen molar-refractivity contribution in [2.45, 2.75) is 18.8 Å². The number of anilines is 1. The molecular weight excluding hydrogens is 228 g/mol. The van der Waals surface area contributed by atoms with E-state index in [-0.39, 0.29) is 31.8 Å². The monoisotopic (exact) mass is 241 g/mol. The molecule has 1 fully saturated rings. The topological polar surface area (TPSA) is 59.2 Å². The average Bonchev–Trinajstić information content (AvgIpc) is 2.29. The lowest BCUT2D eigenvalue weighted by Gasteiger charge is -2.31. The number of carbonyl (C=O) groups is 1. The molecule has 17 heavy (non-hydrogen) atoms. The van der Waals surface area contributed by atoms with Crippen molar-refractivity contribution in [3.05, 3.63) is 23.9 Å². The van der Waals surface area contributed by atoms with Crippen molar-refractivity contribution >= 4 is 11.7 Å². The molecule has 0 aromatic carbocycles. The van der Waals surface area contributed by atoms with E-state index in [0.29, 0.717) is 11.4 Å². The zero-order chi connectivity index (χ0) is 12.5. The molecule has 2 heterocycles. The summed E-state index contributed by atoms with van der Waals surface area (Å²) in [5, 5.41) is 0. The maximum atomic E-state index is 12.9. The van der Waals surface area contributed by atoms with Crippen molar-refractivity contribution in [3.8, 4) is 0 Å². The van der Waals surface area contributed by atoms with E-state index in [4.69, 9.17) is 5.73 Å². The number of piperidine rings is 1. The number of halogens is 2. The molecule has 0 radical (unpaired) electrons. The summed E-state index contributed by atoms with van der Waals surface area (Å²) in [7, 11) is 0. The number of amides is 1. The van der Waals surface area contributed by atoms with E-state index in [1.165, 1.54) is 17.2 Å². The second-order valence-corrected chi connectivity index (χ2v) is 4.12. The van der Waals surface area contributed by atoms with Gasteiger partial charge in [0, 0.05) is 32.1 Å². The maximum absolute atomic E-state index is 12.9. The fourth-order valence-electron chi connectivity index (χ4n) is 1.75. The van der Waals surface area contributed by atoms with Crippen LogP contribution in [0.2, 0.25) is 0 Å². The Hall–Kier alpha value is -1.72. The van der Waals surface area contributed by atoms with Gasteiger partial charge in [-0.1, -0.05) is 0 Å². The number of aromatic nitrogens is 1. The van der Waals surface area contributed by atoms with Gasteiger partial charge in [-0.2, -0.15) is 0 Å². The predicted octanol–water partition coefficient (Wildman–Crippen LogP) is 1.54. The average molecular weight is 241 g/mol. The number of nitrogens with two attached hydrogens (primary N) is 1. The summed E-state index contributed by atoms with van der Waals surface area (Å²) in [6, 6.07) is 3.07. The molecule has 0 saturated carbocycles. The lowest BCUT2D eigenvalue weighted by Crippen LogP contribution is -2.42. The fourth-order valence-corrected chi connectivity index (χ4v) is 1.75. The molecule has 6 heteroatoms. The highest BCUT2D eigenvalue weighted by Crippen LogP contribution is 2.28. The van der Waals surface area contributed by atoms with E-state index in [1.54, 1.807) is 6.07 Å². The van der Waals surface area contributed by atoms with Crippen molar-refractivity contribution in [2.75, 3.05) is 18.8 Å². The Morgan fingerprint density at radius 1 is 1.35 bits per heavy atom. The smallest absolute Gasteiger partial charge is 0.255 e. The van der Waals surface area contributed by atoms with Crippen molar-refractivity contribution < 1.29 is 13.6 Å². The number of hydrogen-bond donors (Lipinski definition) is 1. The van der Waals surface area contributed by atoms with Crippen LogP contribution >= 0.6 is 0 Å². The number of nitrogens with zero attached hydrogens (tertiary/aromatic N) is 2. The third kappa shape index (κ3) is 2.69. The maximum Gasteiger partial charge on any atom is 0.255 e. The van der Waals surface area contributed by atoms with Gasteiger partial charge in [-0.15, -0.1) is 0 Å². The van der Waals surface area contributed by atoms with Crippen LogP contribution in [0.1, 0.15) is 23.2 Å². The highest BCUT2D eigenvalue weighted by Gasteiger charge is 2.35. The Balaban J connectivity index is 2.04. The summed E-state index contributed by atoms with van der Waals surface area (Å²) < 4.78 is 25.9. The fraction of sp³-hybridized carbons (Fsp3) is 0.455. The number of pyridine rings is 1. The van der Waals surface area contributed by atoms with Gasteiger partial charge in [-0.05, 0) is 12.1 Å². The van der Waals surface area contributed by atoms with Crippen LogP contribution in [0.25, 0.3) is 0 Å². The van der Waals surface area contributed by atoms with Crippen LogP contribution in [-0.4, -0.2) is 34.8 Å². The number of rotatable bonds is 1. The highest BCUT2D eigenvalue weighted by molar-refractivity contribution is 5.94. The van der Waals surface area contributed by atoms with E-state index < -0.39 is 5.92 Å². The van der Waals surface area contributed by atoms with Crippen LogP contribution in [0, 0.1) is 0 Å². The molecule has 0 bridgehead atoms. The molecule has 2 rings (SSSR count). The van der Waals surface area contributed by atoms with E-state index in [1.807, 2.05) is 0 Å². The normalized spacial score (nSPS) is 19.1. The molecule has 0 aliphatic carbocycles. The largest absolute Gasteiger partial charge is 0.384 e. The van der Waals surface area contributed by atoms with Gasteiger partial charge in [0.2, 0.25) is 0 Å². The second-order valence-electron chi connectivity index (χ2n) is 4.12. The van der Waals surface area contributed by atoms with Crippen LogP contribution in [0.3, 0.4) is 0 Å². The van der Waals surface area contributed by atoms with Gasteiger partial charge in [0.25, 0.3) is 11.8 Å². The molecule has 92 valence electrons. The number of hydrogen-bond acceptors (Lipinski definition) is 3. The number of nitrogen functional groups attached to an aromatic ring is 1. The molecule has 4 nitrogen and oxygen atoms in total. The Labute approximate surface area is 97.4 Å². The van der Waals surface area contributed by atoms with Gasteiger partial charge in [-0.3, -0.25) is 4.79 Å². The van der Waals surface area contributed by atoms with E-state index in [0.717, 1.165) is 0 Å². The Bertz CT molecular complexity index is 409. The first-order chi connectivity index (χ1) is 7.98. The molecule has 0 atom stereocenters. The third-order valence-corrected chi connectivity index (χ3v) is 2.82. The zero-order valence-corrected chi connectivity index (χ0v) is 9.20. The van der Waals surface area contributed by atoms with E-state index in [9.17, 15) is 13.6 Å². The molecule has 1 saturated heterocycles. The summed E-state index contributed by atoms with van der Waals surface area (Å²) in [5.74, 6) is -2.59. The molecule has 1 aliphatic rings. The highest BCUT2D eigenvalue weighted by atomic mass is 19.3. The first-order valence-electron chi connectivity index (χ1n) is 5.37. The number of alkyl halides is 2. The lowest BCUT2D eigenvalue weighted by atomic mass is 10.1. The van der Waals surface area contributed by atoms with Crippen LogP contribution < -0.4 is 5.73 Å². The van der Waals surface area contributed by atoms with E-state index >= 15 is 0 Å². The summed E-state index contributed by atoms with van der Waals surface area (Å²) in [6.45, 7) is 0.159. The first-order valence-corrected chi connectivity index (χ1v) is 5.37. The molecular formula is C11H13F2N3O. The minimum absolute atomic E-state index is 0.0796. The molecule has 1 aliphatic heterocycles. The zero-order valence-electron chi connectivity index (χ0n) is 9.20. The SMILES string of the molecule is Nc1ccc(C(=O)N2CCC(F)(F)CC2)cn1. The molecule has 1 aromatic rings. The van der Waals surface area contributed by atoms with Gasteiger partial charge in [0.1, 0.15) is 5.82 Å². The molecule has 2 N–H and O–H groups in total. The van der Waals surface area contributed by atoms with Crippen molar-refractivity contribution in [2.24, 2.45) is 0 Å². The number of likely N-dealkylation sites (tertiary alicyclic amines) is 1. The van der Waals surface area contributed by atoms with Crippen molar-refractivity contribution in [3.63, 3.8) is 0 Å². The predicted molar refractivity (Wildman–Crippen MR) is 58.7 cm³/mol. The summed E-state index contributed by atoms with van der Waals surface area (Å²) in [5.41, 5.74) is 5.78. The summed E-state index contributed by atoms with van der Waals surface area (Å²) in [6.07, 6.45) is 0.812. The van der Waals surface area contributed by atoms with Gasteiger partial charge in [0.15, 0.2) is 0 Å². The standard InChI is InChI=1S/C11H13F2N3O/c12-11(13)3-5-16(6-4-11)10(17)8-1-2-9(14)15-7-8/h1-2,7H,3-6H2,(H2,14,15). The Kier molecular flexibility index (Phi) is 2.95.